The SMILES string of the molecule is CC(=O)NCCOC(OCCN(C)C)C(=O)N(C)CCO. The summed E-state index contributed by atoms with van der Waals surface area (Å²) in [6.45, 7) is 2.97. The summed E-state index contributed by atoms with van der Waals surface area (Å²) in [5.74, 6) is -0.516. The monoisotopic (exact) mass is 305 g/mol. The van der Waals surface area contributed by atoms with Gasteiger partial charge < -0.3 is 29.7 Å². The smallest absolute Gasteiger partial charge is 0.279 e. The second-order valence-electron chi connectivity index (χ2n) is 4.84. The van der Waals surface area contributed by atoms with Crippen molar-refractivity contribution in [3.05, 3.63) is 0 Å². The second kappa shape index (κ2) is 11.4. The zero-order valence-corrected chi connectivity index (χ0v) is 13.3. The molecule has 0 radical (unpaired) electrons. The van der Waals surface area contributed by atoms with Gasteiger partial charge in [-0.1, -0.05) is 0 Å². The van der Waals surface area contributed by atoms with Crippen molar-refractivity contribution in [1.82, 2.24) is 15.1 Å². The molecule has 8 nitrogen and oxygen atoms in total. The number of likely N-dealkylation sites (N-methyl/N-ethyl adjacent to an activating group) is 2. The van der Waals surface area contributed by atoms with Crippen molar-refractivity contribution in [1.29, 1.82) is 0 Å². The van der Waals surface area contributed by atoms with Crippen molar-refractivity contribution in [2.75, 3.05) is 60.6 Å². The first kappa shape index (κ1) is 19.8. The Morgan fingerprint density at radius 3 is 2.29 bits per heavy atom. The van der Waals surface area contributed by atoms with Crippen molar-refractivity contribution in [2.45, 2.75) is 13.2 Å². The number of hydrogen-bond acceptors (Lipinski definition) is 6. The van der Waals surface area contributed by atoms with Crippen LogP contribution in [0, 0.1) is 0 Å². The molecule has 0 aliphatic carbocycles. The van der Waals surface area contributed by atoms with Crippen LogP contribution in [0.4, 0.5) is 0 Å². The predicted molar refractivity (Wildman–Crippen MR) is 77.7 cm³/mol. The number of carbonyl (C=O) groups is 2. The molecule has 0 aromatic carbocycles. The Balaban J connectivity index is 4.31. The molecular formula is C13H27N3O5. The topological polar surface area (TPSA) is 91.3 Å². The van der Waals surface area contributed by atoms with E-state index in [0.29, 0.717) is 19.7 Å². The number of carbonyl (C=O) groups excluding carboxylic acids is 2. The molecule has 0 bridgehead atoms. The molecule has 21 heavy (non-hydrogen) atoms. The Labute approximate surface area is 126 Å². The van der Waals surface area contributed by atoms with Crippen LogP contribution in [0.15, 0.2) is 0 Å². The van der Waals surface area contributed by atoms with Crippen LogP contribution in [0.3, 0.4) is 0 Å². The lowest BCUT2D eigenvalue weighted by atomic mass is 10.4. The normalized spacial score (nSPS) is 12.3. The zero-order valence-electron chi connectivity index (χ0n) is 13.3. The van der Waals surface area contributed by atoms with Gasteiger partial charge in [-0.05, 0) is 14.1 Å². The van der Waals surface area contributed by atoms with Gasteiger partial charge in [0.25, 0.3) is 5.91 Å². The number of aliphatic hydroxyl groups excluding tert-OH is 1. The molecule has 0 aromatic rings. The first-order valence-corrected chi connectivity index (χ1v) is 6.86. The average molecular weight is 305 g/mol. The molecule has 2 amide bonds. The average Bonchev–Trinajstić information content (AvgIpc) is 2.40. The number of aliphatic hydroxyl groups is 1. The van der Waals surface area contributed by atoms with Crippen LogP contribution >= 0.6 is 0 Å². The third-order valence-electron chi connectivity index (χ3n) is 2.57. The van der Waals surface area contributed by atoms with Gasteiger partial charge in [-0.3, -0.25) is 9.59 Å². The van der Waals surface area contributed by atoms with E-state index in [0.717, 1.165) is 0 Å². The van der Waals surface area contributed by atoms with E-state index in [1.807, 2.05) is 19.0 Å². The summed E-state index contributed by atoms with van der Waals surface area (Å²) in [5, 5.41) is 11.4. The number of nitrogens with zero attached hydrogens (tertiary/aromatic N) is 2. The third-order valence-corrected chi connectivity index (χ3v) is 2.57. The largest absolute Gasteiger partial charge is 0.395 e. The van der Waals surface area contributed by atoms with E-state index in [-0.39, 0.29) is 31.6 Å². The molecule has 0 aliphatic heterocycles. The van der Waals surface area contributed by atoms with Crippen molar-refractivity contribution in [3.8, 4) is 0 Å². The van der Waals surface area contributed by atoms with Gasteiger partial charge in [-0.15, -0.1) is 0 Å². The molecule has 0 aliphatic rings. The fraction of sp³-hybridized carbons (Fsp3) is 0.846. The maximum Gasteiger partial charge on any atom is 0.279 e. The van der Waals surface area contributed by atoms with Crippen LogP contribution in [0.5, 0.6) is 0 Å². The first-order chi connectivity index (χ1) is 9.88. The third kappa shape index (κ3) is 10.2. The van der Waals surface area contributed by atoms with E-state index in [2.05, 4.69) is 5.32 Å². The van der Waals surface area contributed by atoms with Crippen molar-refractivity contribution in [2.24, 2.45) is 0 Å². The Morgan fingerprint density at radius 2 is 1.76 bits per heavy atom. The van der Waals surface area contributed by atoms with E-state index in [4.69, 9.17) is 14.6 Å². The van der Waals surface area contributed by atoms with Crippen LogP contribution in [0.2, 0.25) is 0 Å². The first-order valence-electron chi connectivity index (χ1n) is 6.86. The van der Waals surface area contributed by atoms with Crippen molar-refractivity contribution >= 4 is 11.8 Å². The van der Waals surface area contributed by atoms with Gasteiger partial charge >= 0.3 is 0 Å². The lowest BCUT2D eigenvalue weighted by molar-refractivity contribution is -0.182. The second-order valence-corrected chi connectivity index (χ2v) is 4.84. The fourth-order valence-electron chi connectivity index (χ4n) is 1.37. The Morgan fingerprint density at radius 1 is 1.14 bits per heavy atom. The van der Waals surface area contributed by atoms with Crippen LogP contribution in [0.1, 0.15) is 6.92 Å². The minimum Gasteiger partial charge on any atom is -0.395 e. The van der Waals surface area contributed by atoms with Gasteiger partial charge in [0.15, 0.2) is 0 Å². The molecule has 0 saturated carbocycles. The van der Waals surface area contributed by atoms with Crippen molar-refractivity contribution in [3.63, 3.8) is 0 Å². The van der Waals surface area contributed by atoms with Gasteiger partial charge in [0.1, 0.15) is 0 Å². The highest BCUT2D eigenvalue weighted by Gasteiger charge is 2.23. The molecule has 0 fully saturated rings. The summed E-state index contributed by atoms with van der Waals surface area (Å²) in [6.07, 6.45) is -1.03. The Bertz CT molecular complexity index is 312. The summed E-state index contributed by atoms with van der Waals surface area (Å²) in [7, 11) is 5.36. The number of ether oxygens (including phenoxy) is 2. The number of rotatable bonds is 11. The predicted octanol–water partition coefficient (Wildman–Crippen LogP) is -1.51. The van der Waals surface area contributed by atoms with Crippen LogP contribution in [-0.2, 0) is 19.1 Å². The maximum atomic E-state index is 12.1. The maximum absolute atomic E-state index is 12.1. The molecule has 1 unspecified atom stereocenters. The highest BCUT2D eigenvalue weighted by molar-refractivity contribution is 5.79. The molecule has 0 heterocycles. The van der Waals surface area contributed by atoms with E-state index in [1.165, 1.54) is 11.8 Å². The highest BCUT2D eigenvalue weighted by atomic mass is 16.7. The number of hydrogen-bond donors (Lipinski definition) is 2. The van der Waals surface area contributed by atoms with E-state index < -0.39 is 6.29 Å². The summed E-state index contributed by atoms with van der Waals surface area (Å²) >= 11 is 0. The number of amides is 2. The highest BCUT2D eigenvalue weighted by Crippen LogP contribution is 2.01. The van der Waals surface area contributed by atoms with E-state index >= 15 is 0 Å². The van der Waals surface area contributed by atoms with Gasteiger partial charge in [0, 0.05) is 33.6 Å². The molecule has 0 aromatic heterocycles. The van der Waals surface area contributed by atoms with Crippen molar-refractivity contribution < 1.29 is 24.2 Å². The van der Waals surface area contributed by atoms with Gasteiger partial charge in [0.2, 0.25) is 12.2 Å². The van der Waals surface area contributed by atoms with Gasteiger partial charge in [-0.2, -0.15) is 0 Å². The molecule has 0 rings (SSSR count). The Hall–Kier alpha value is -1.22. The summed E-state index contributed by atoms with van der Waals surface area (Å²) in [5.41, 5.74) is 0. The molecule has 2 N–H and O–H groups in total. The minimum absolute atomic E-state index is 0.126. The van der Waals surface area contributed by atoms with Gasteiger partial charge in [0.05, 0.1) is 19.8 Å². The molecular weight excluding hydrogens is 278 g/mol. The molecule has 1 atom stereocenters. The number of nitrogens with one attached hydrogen (secondary N) is 1. The van der Waals surface area contributed by atoms with Gasteiger partial charge in [-0.25, -0.2) is 0 Å². The zero-order chi connectivity index (χ0) is 16.3. The molecule has 8 heteroatoms. The molecule has 0 spiro atoms. The Kier molecular flexibility index (Phi) is 10.8. The summed E-state index contributed by atoms with van der Waals surface area (Å²) in [6, 6.07) is 0. The fourth-order valence-corrected chi connectivity index (χ4v) is 1.37. The lowest BCUT2D eigenvalue weighted by Crippen LogP contribution is -2.42. The summed E-state index contributed by atoms with van der Waals surface area (Å²) < 4.78 is 10.8. The lowest BCUT2D eigenvalue weighted by Gasteiger charge is -2.24. The molecule has 124 valence electrons. The van der Waals surface area contributed by atoms with E-state index in [9.17, 15) is 9.59 Å². The standard InChI is InChI=1S/C13H27N3O5/c1-11(18)14-5-9-20-13(21-10-7-15(2)3)12(19)16(4)6-8-17/h13,17H,5-10H2,1-4H3,(H,14,18). The van der Waals surface area contributed by atoms with Crippen LogP contribution < -0.4 is 5.32 Å². The van der Waals surface area contributed by atoms with E-state index in [1.54, 1.807) is 7.05 Å². The summed E-state index contributed by atoms with van der Waals surface area (Å²) in [4.78, 5) is 26.1. The molecule has 0 saturated heterocycles. The van der Waals surface area contributed by atoms with Crippen LogP contribution in [0.25, 0.3) is 0 Å². The quantitative estimate of drug-likeness (QED) is 0.356. The minimum atomic E-state index is -1.03. The van der Waals surface area contributed by atoms with Crippen LogP contribution in [-0.4, -0.2) is 93.6 Å².